The van der Waals surface area contributed by atoms with Crippen molar-refractivity contribution in [1.82, 2.24) is 4.98 Å². The molecule has 22 heavy (non-hydrogen) atoms. The highest BCUT2D eigenvalue weighted by molar-refractivity contribution is 7.20. The number of benzene rings is 1. The molecule has 0 unspecified atom stereocenters. The number of rotatable bonds is 4. The van der Waals surface area contributed by atoms with Gasteiger partial charge in [-0.3, -0.25) is 4.79 Å². The first-order valence-corrected chi connectivity index (χ1v) is 8.73. The topological polar surface area (TPSA) is 42.0 Å². The van der Waals surface area contributed by atoms with Crippen LogP contribution in [0.4, 0.5) is 5.69 Å². The van der Waals surface area contributed by atoms with Gasteiger partial charge in [0.2, 0.25) is 5.91 Å². The summed E-state index contributed by atoms with van der Waals surface area (Å²) in [5.74, 6) is -0.0308. The number of hydrogen-bond donors (Lipinski definition) is 1. The van der Waals surface area contributed by atoms with E-state index in [9.17, 15) is 4.79 Å². The molecule has 0 atom stereocenters. The number of hydrogen-bond acceptors (Lipinski definition) is 4. The Kier molecular flexibility index (Phi) is 4.36. The Morgan fingerprint density at radius 2 is 2.09 bits per heavy atom. The lowest BCUT2D eigenvalue weighted by Crippen LogP contribution is -2.15. The number of nitrogens with one attached hydrogen (secondary N) is 1. The second-order valence-electron chi connectivity index (χ2n) is 5.16. The number of carbonyl (C=O) groups excluding carboxylic acids is 1. The molecule has 0 spiro atoms. The van der Waals surface area contributed by atoms with E-state index < -0.39 is 0 Å². The fraction of sp³-hybridized carbons (Fsp3) is 0.176. The molecule has 0 bridgehead atoms. The van der Waals surface area contributed by atoms with Crippen LogP contribution >= 0.6 is 22.7 Å². The maximum atomic E-state index is 12.2. The molecule has 0 fully saturated rings. The lowest BCUT2D eigenvalue weighted by atomic mass is 10.1. The van der Waals surface area contributed by atoms with Crippen molar-refractivity contribution in [2.75, 3.05) is 5.32 Å². The number of thiazole rings is 1. The molecule has 3 rings (SSSR count). The third-order valence-electron chi connectivity index (χ3n) is 3.29. The molecule has 0 saturated heterocycles. The summed E-state index contributed by atoms with van der Waals surface area (Å²) in [5, 5.41) is 7.94. The van der Waals surface area contributed by atoms with Crippen molar-refractivity contribution >= 4 is 34.3 Å². The van der Waals surface area contributed by atoms with Gasteiger partial charge < -0.3 is 5.32 Å². The first-order valence-electron chi connectivity index (χ1n) is 6.97. The van der Waals surface area contributed by atoms with Crippen LogP contribution in [-0.4, -0.2) is 10.9 Å². The number of aryl methyl sites for hydroxylation is 2. The zero-order valence-corrected chi connectivity index (χ0v) is 14.1. The Morgan fingerprint density at radius 1 is 1.23 bits per heavy atom. The van der Waals surface area contributed by atoms with E-state index in [0.29, 0.717) is 6.42 Å². The van der Waals surface area contributed by atoms with Crippen LogP contribution in [0.2, 0.25) is 0 Å². The van der Waals surface area contributed by atoms with Crippen molar-refractivity contribution in [2.45, 2.75) is 20.3 Å². The van der Waals surface area contributed by atoms with Crippen LogP contribution in [0.15, 0.2) is 41.1 Å². The molecule has 0 aliphatic carbocycles. The first-order chi connectivity index (χ1) is 10.6. The third kappa shape index (κ3) is 3.43. The van der Waals surface area contributed by atoms with Gasteiger partial charge in [0, 0.05) is 11.1 Å². The Hall–Kier alpha value is -1.98. The van der Waals surface area contributed by atoms with Gasteiger partial charge in [-0.15, -0.1) is 22.7 Å². The van der Waals surface area contributed by atoms with Gasteiger partial charge in [0.15, 0.2) is 0 Å². The molecule has 3 nitrogen and oxygen atoms in total. The number of anilines is 1. The molecule has 0 aliphatic rings. The Balaban J connectivity index is 1.68. The van der Waals surface area contributed by atoms with Crippen LogP contribution in [0.1, 0.15) is 16.8 Å². The van der Waals surface area contributed by atoms with Gasteiger partial charge in [0.25, 0.3) is 0 Å². The smallest absolute Gasteiger partial charge is 0.230 e. The van der Waals surface area contributed by atoms with Crippen molar-refractivity contribution in [3.05, 3.63) is 57.9 Å². The lowest BCUT2D eigenvalue weighted by molar-refractivity contribution is -0.115. The maximum Gasteiger partial charge on any atom is 0.230 e. The van der Waals surface area contributed by atoms with Crippen molar-refractivity contribution in [1.29, 1.82) is 0 Å². The van der Waals surface area contributed by atoms with Gasteiger partial charge >= 0.3 is 0 Å². The van der Waals surface area contributed by atoms with E-state index in [4.69, 9.17) is 0 Å². The number of thiophene rings is 1. The molecule has 1 aromatic carbocycles. The van der Waals surface area contributed by atoms with Gasteiger partial charge in [0.05, 0.1) is 17.0 Å². The lowest BCUT2D eigenvalue weighted by Gasteiger charge is -2.08. The average Bonchev–Trinajstić information content (AvgIpc) is 3.13. The molecule has 5 heteroatoms. The van der Waals surface area contributed by atoms with Crippen molar-refractivity contribution in [2.24, 2.45) is 0 Å². The van der Waals surface area contributed by atoms with Crippen LogP contribution in [0.3, 0.4) is 0 Å². The molecule has 3 aromatic rings. The summed E-state index contributed by atoms with van der Waals surface area (Å²) < 4.78 is 0. The van der Waals surface area contributed by atoms with E-state index >= 15 is 0 Å². The second-order valence-corrected chi connectivity index (χ2v) is 6.97. The van der Waals surface area contributed by atoms with Gasteiger partial charge in [-0.1, -0.05) is 18.2 Å². The number of nitrogens with zero attached hydrogens (tertiary/aromatic N) is 1. The van der Waals surface area contributed by atoms with Crippen molar-refractivity contribution < 1.29 is 4.79 Å². The van der Waals surface area contributed by atoms with Gasteiger partial charge in [-0.2, -0.15) is 0 Å². The quantitative estimate of drug-likeness (QED) is 0.756. The highest BCUT2D eigenvalue weighted by Crippen LogP contribution is 2.28. The molecule has 1 amide bonds. The average molecular weight is 328 g/mol. The number of carbonyl (C=O) groups is 1. The number of amides is 1. The zero-order valence-electron chi connectivity index (χ0n) is 12.4. The molecule has 2 aromatic heterocycles. The monoisotopic (exact) mass is 328 g/mol. The summed E-state index contributed by atoms with van der Waals surface area (Å²) in [7, 11) is 0. The largest absolute Gasteiger partial charge is 0.325 e. The normalized spacial score (nSPS) is 10.6. The van der Waals surface area contributed by atoms with Crippen molar-refractivity contribution in [3.8, 4) is 9.88 Å². The summed E-state index contributed by atoms with van der Waals surface area (Å²) in [6, 6.07) is 10.1. The Morgan fingerprint density at radius 3 is 2.86 bits per heavy atom. The third-order valence-corrected chi connectivity index (χ3v) is 5.22. The minimum absolute atomic E-state index is 0.0308. The van der Waals surface area contributed by atoms with E-state index in [2.05, 4.69) is 10.3 Å². The van der Waals surface area contributed by atoms with Gasteiger partial charge in [-0.25, -0.2) is 4.98 Å². The minimum atomic E-state index is -0.0308. The van der Waals surface area contributed by atoms with Crippen LogP contribution in [0, 0.1) is 13.8 Å². The van der Waals surface area contributed by atoms with Crippen molar-refractivity contribution in [3.63, 3.8) is 0 Å². The molecule has 0 aliphatic heterocycles. The molecular formula is C17H16N2OS2. The Labute approximate surface area is 137 Å². The standard InChI is InChI=1S/C17H16N2OS2/c1-11-5-6-12(2)14(8-11)19-16(20)9-13-10-22-17(18-13)15-4-3-7-21-15/h3-8,10H,9H2,1-2H3,(H,19,20). The molecule has 2 heterocycles. The van der Waals surface area contributed by atoms with E-state index in [1.54, 1.807) is 22.7 Å². The highest BCUT2D eigenvalue weighted by atomic mass is 32.1. The van der Waals surface area contributed by atoms with E-state index in [-0.39, 0.29) is 5.91 Å². The molecular weight excluding hydrogens is 312 g/mol. The molecule has 0 saturated carbocycles. The van der Waals surface area contributed by atoms with Gasteiger partial charge in [-0.05, 0) is 42.5 Å². The zero-order chi connectivity index (χ0) is 15.5. The molecule has 1 N–H and O–H groups in total. The fourth-order valence-corrected chi connectivity index (χ4v) is 3.76. The minimum Gasteiger partial charge on any atom is -0.325 e. The molecule has 0 radical (unpaired) electrons. The van der Waals surface area contributed by atoms with E-state index in [0.717, 1.165) is 32.4 Å². The SMILES string of the molecule is Cc1ccc(C)c(NC(=O)Cc2csc(-c3cccs3)n2)c1. The number of aromatic nitrogens is 1. The summed E-state index contributed by atoms with van der Waals surface area (Å²) in [5.41, 5.74) is 3.89. The van der Waals surface area contributed by atoms with Crippen LogP contribution in [0.25, 0.3) is 9.88 Å². The van der Waals surface area contributed by atoms with Crippen LogP contribution in [-0.2, 0) is 11.2 Å². The first kappa shape index (κ1) is 14.9. The predicted molar refractivity (Wildman–Crippen MR) is 93.7 cm³/mol. The molecule has 112 valence electrons. The van der Waals surface area contributed by atoms with E-state index in [1.165, 1.54) is 0 Å². The summed E-state index contributed by atoms with van der Waals surface area (Å²) in [6.07, 6.45) is 0.301. The second kappa shape index (κ2) is 6.42. The summed E-state index contributed by atoms with van der Waals surface area (Å²) in [6.45, 7) is 4.01. The van der Waals surface area contributed by atoms with E-state index in [1.807, 2.05) is 54.9 Å². The van der Waals surface area contributed by atoms with Crippen LogP contribution in [0.5, 0.6) is 0 Å². The summed E-state index contributed by atoms with van der Waals surface area (Å²) >= 11 is 3.24. The summed E-state index contributed by atoms with van der Waals surface area (Å²) in [4.78, 5) is 17.9. The predicted octanol–water partition coefficient (Wildman–Crippen LogP) is 4.67. The van der Waals surface area contributed by atoms with Gasteiger partial charge in [0.1, 0.15) is 5.01 Å². The maximum absolute atomic E-state index is 12.2. The fourth-order valence-electron chi connectivity index (χ4n) is 2.13. The highest BCUT2D eigenvalue weighted by Gasteiger charge is 2.10. The van der Waals surface area contributed by atoms with Crippen LogP contribution < -0.4 is 5.32 Å². The Bertz CT molecular complexity index is 791.